The second-order valence-corrected chi connectivity index (χ2v) is 8.65. The number of carbonyl (C=O) groups excluding carboxylic acids is 1. The summed E-state index contributed by atoms with van der Waals surface area (Å²) in [5.41, 5.74) is 0.623. The lowest BCUT2D eigenvalue weighted by Crippen LogP contribution is -2.31. The number of esters is 1. The molecule has 0 amide bonds. The summed E-state index contributed by atoms with van der Waals surface area (Å²) in [5, 5.41) is 0. The van der Waals surface area contributed by atoms with Crippen LogP contribution in [-0.4, -0.2) is 59.2 Å². The van der Waals surface area contributed by atoms with Crippen molar-refractivity contribution in [3.05, 3.63) is 42.5 Å². The number of unbranched alkanes of at least 4 members (excludes halogenated alkanes) is 3. The van der Waals surface area contributed by atoms with Crippen molar-refractivity contribution < 1.29 is 22.7 Å². The van der Waals surface area contributed by atoms with E-state index < -0.39 is 16.0 Å². The van der Waals surface area contributed by atoms with Gasteiger partial charge in [-0.25, -0.2) is 13.1 Å². The van der Waals surface area contributed by atoms with Crippen LogP contribution in [-0.2, 0) is 25.3 Å². The van der Waals surface area contributed by atoms with Crippen LogP contribution in [0.25, 0.3) is 0 Å². The minimum atomic E-state index is -3.60. The van der Waals surface area contributed by atoms with Crippen molar-refractivity contribution in [1.82, 2.24) is 9.62 Å². The molecule has 29 heavy (non-hydrogen) atoms. The van der Waals surface area contributed by atoms with Crippen molar-refractivity contribution in [2.75, 3.05) is 39.9 Å². The molecule has 164 valence electrons. The van der Waals surface area contributed by atoms with Gasteiger partial charge >= 0.3 is 5.97 Å². The van der Waals surface area contributed by atoms with Gasteiger partial charge in [-0.05, 0) is 51.1 Å². The predicted molar refractivity (Wildman–Crippen MR) is 115 cm³/mol. The van der Waals surface area contributed by atoms with Crippen molar-refractivity contribution in [2.45, 2.75) is 38.4 Å². The molecule has 0 unspecified atom stereocenters. The Hall–Kier alpha value is -1.90. The van der Waals surface area contributed by atoms with Gasteiger partial charge in [-0.3, -0.25) is 4.79 Å². The maximum absolute atomic E-state index is 12.0. The van der Waals surface area contributed by atoms with Gasteiger partial charge in [-0.15, -0.1) is 6.58 Å². The fourth-order valence-corrected chi connectivity index (χ4v) is 3.74. The van der Waals surface area contributed by atoms with Crippen molar-refractivity contribution in [2.24, 2.45) is 0 Å². The lowest BCUT2D eigenvalue weighted by Gasteiger charge is -2.13. The van der Waals surface area contributed by atoms with Gasteiger partial charge in [0.25, 0.3) is 0 Å². The van der Waals surface area contributed by atoms with E-state index in [1.807, 2.05) is 6.08 Å². The Morgan fingerprint density at radius 2 is 1.86 bits per heavy atom. The van der Waals surface area contributed by atoms with Crippen LogP contribution in [0.5, 0.6) is 5.75 Å². The van der Waals surface area contributed by atoms with Gasteiger partial charge in [0.2, 0.25) is 10.0 Å². The molecule has 0 aliphatic carbocycles. The summed E-state index contributed by atoms with van der Waals surface area (Å²) in [6.45, 7) is 7.89. The molecule has 1 aromatic carbocycles. The maximum Gasteiger partial charge on any atom is 0.320 e. The third-order valence-corrected chi connectivity index (χ3v) is 5.46. The number of sulfonamides is 1. The lowest BCUT2D eigenvalue weighted by atomic mass is 10.2. The van der Waals surface area contributed by atoms with E-state index in [-0.39, 0.29) is 18.9 Å². The molecule has 0 fully saturated rings. The van der Waals surface area contributed by atoms with Crippen LogP contribution in [0.15, 0.2) is 36.9 Å². The van der Waals surface area contributed by atoms with Crippen LogP contribution in [0, 0.1) is 0 Å². The van der Waals surface area contributed by atoms with Crippen molar-refractivity contribution in [3.8, 4) is 5.75 Å². The Morgan fingerprint density at radius 1 is 1.17 bits per heavy atom. The summed E-state index contributed by atoms with van der Waals surface area (Å²) in [7, 11) is -1.51. The maximum atomic E-state index is 12.0. The fraction of sp³-hybridized carbons (Fsp3) is 0.571. The van der Waals surface area contributed by atoms with Gasteiger partial charge in [0, 0.05) is 6.54 Å². The van der Waals surface area contributed by atoms with Gasteiger partial charge in [-0.1, -0.05) is 31.1 Å². The fourth-order valence-electron chi connectivity index (χ4n) is 2.67. The molecule has 1 rings (SSSR count). The number of benzene rings is 1. The van der Waals surface area contributed by atoms with E-state index in [0.717, 1.165) is 38.1 Å². The summed E-state index contributed by atoms with van der Waals surface area (Å²) in [6.07, 6.45) is 6.34. The molecule has 0 aliphatic rings. The molecule has 0 saturated carbocycles. The van der Waals surface area contributed by atoms with E-state index in [4.69, 9.17) is 9.47 Å². The van der Waals surface area contributed by atoms with Crippen molar-refractivity contribution in [3.63, 3.8) is 0 Å². The minimum Gasteiger partial charge on any atom is -0.494 e. The molecular weight excluding hydrogens is 392 g/mol. The Morgan fingerprint density at radius 3 is 2.52 bits per heavy atom. The van der Waals surface area contributed by atoms with Gasteiger partial charge < -0.3 is 14.4 Å². The molecule has 0 aliphatic heterocycles. The molecule has 1 aromatic rings. The highest BCUT2D eigenvalue weighted by molar-refractivity contribution is 7.88. The van der Waals surface area contributed by atoms with Crippen LogP contribution < -0.4 is 9.46 Å². The Labute approximate surface area is 175 Å². The van der Waals surface area contributed by atoms with E-state index in [2.05, 4.69) is 23.2 Å². The average Bonchev–Trinajstić information content (AvgIpc) is 2.67. The normalized spacial score (nSPS) is 11.4. The zero-order valence-electron chi connectivity index (χ0n) is 17.6. The highest BCUT2D eigenvalue weighted by Gasteiger charge is 2.14. The van der Waals surface area contributed by atoms with E-state index in [9.17, 15) is 13.2 Å². The van der Waals surface area contributed by atoms with Crippen LogP contribution in [0.2, 0.25) is 0 Å². The first-order chi connectivity index (χ1) is 13.9. The third kappa shape index (κ3) is 12.3. The molecule has 8 heteroatoms. The second-order valence-electron chi connectivity index (χ2n) is 6.84. The smallest absolute Gasteiger partial charge is 0.320 e. The highest BCUT2D eigenvalue weighted by Crippen LogP contribution is 2.14. The number of likely N-dealkylation sites (N-methyl/N-ethyl adjacent to an activating group) is 1. The number of nitrogens with one attached hydrogen (secondary N) is 1. The molecule has 0 bridgehead atoms. The third-order valence-electron chi connectivity index (χ3n) is 4.17. The number of carbonyl (C=O) groups is 1. The molecule has 0 heterocycles. The first kappa shape index (κ1) is 25.1. The number of rotatable bonds is 16. The quantitative estimate of drug-likeness (QED) is 0.249. The van der Waals surface area contributed by atoms with E-state index in [1.54, 1.807) is 31.2 Å². The Kier molecular flexibility index (Phi) is 12.3. The van der Waals surface area contributed by atoms with Gasteiger partial charge in [0.15, 0.2) is 0 Å². The summed E-state index contributed by atoms with van der Waals surface area (Å²) >= 11 is 0. The van der Waals surface area contributed by atoms with Gasteiger partial charge in [-0.2, -0.15) is 0 Å². The monoisotopic (exact) mass is 426 g/mol. The van der Waals surface area contributed by atoms with Crippen molar-refractivity contribution in [1.29, 1.82) is 0 Å². The van der Waals surface area contributed by atoms with E-state index in [0.29, 0.717) is 12.2 Å². The number of hydrogen-bond acceptors (Lipinski definition) is 6. The molecular formula is C21H34N2O5S. The number of hydrogen-bond donors (Lipinski definition) is 1. The highest BCUT2D eigenvalue weighted by atomic mass is 32.2. The van der Waals surface area contributed by atoms with Gasteiger partial charge in [0.1, 0.15) is 12.3 Å². The largest absolute Gasteiger partial charge is 0.494 e. The molecule has 1 N–H and O–H groups in total. The van der Waals surface area contributed by atoms with E-state index in [1.165, 1.54) is 6.42 Å². The second kappa shape index (κ2) is 14.1. The van der Waals surface area contributed by atoms with Crippen LogP contribution in [0.3, 0.4) is 0 Å². The van der Waals surface area contributed by atoms with Gasteiger partial charge in [0.05, 0.1) is 19.0 Å². The standard InChI is InChI=1S/C21H34N2O5S/c1-4-14-23(3)15-8-6-7-9-16-28-20-12-10-19(11-13-20)18-29(25,26)22-17-21(24)27-5-2/h4,10-13,22H,1,5-9,14-18H2,2-3H3. The predicted octanol–water partition coefficient (Wildman–Crippen LogP) is 2.73. The average molecular weight is 427 g/mol. The first-order valence-electron chi connectivity index (χ1n) is 10.0. The molecule has 0 aromatic heterocycles. The zero-order valence-corrected chi connectivity index (χ0v) is 18.4. The summed E-state index contributed by atoms with van der Waals surface area (Å²) in [4.78, 5) is 13.5. The lowest BCUT2D eigenvalue weighted by molar-refractivity contribution is -0.141. The zero-order chi connectivity index (χ0) is 21.5. The van der Waals surface area contributed by atoms with Crippen molar-refractivity contribution >= 4 is 16.0 Å². The number of nitrogens with zero attached hydrogens (tertiary/aromatic N) is 1. The molecule has 0 saturated heterocycles. The Balaban J connectivity index is 2.24. The first-order valence-corrected chi connectivity index (χ1v) is 11.7. The summed E-state index contributed by atoms with van der Waals surface area (Å²) in [5.74, 6) is -0.0764. The summed E-state index contributed by atoms with van der Waals surface area (Å²) in [6, 6.07) is 6.96. The minimum absolute atomic E-state index is 0.201. The van der Waals surface area contributed by atoms with Crippen LogP contribution in [0.4, 0.5) is 0 Å². The number of ether oxygens (including phenoxy) is 2. The van der Waals surface area contributed by atoms with Crippen LogP contribution in [0.1, 0.15) is 38.2 Å². The summed E-state index contributed by atoms with van der Waals surface area (Å²) < 4.78 is 36.7. The van der Waals surface area contributed by atoms with E-state index >= 15 is 0 Å². The molecule has 0 spiro atoms. The Bertz CT molecular complexity index is 704. The molecule has 0 radical (unpaired) electrons. The topological polar surface area (TPSA) is 84.9 Å². The van der Waals surface area contributed by atoms with Crippen LogP contribution >= 0.6 is 0 Å². The molecule has 7 nitrogen and oxygen atoms in total. The SMILES string of the molecule is C=CCN(C)CCCCCCOc1ccc(CS(=O)(=O)NCC(=O)OCC)cc1. The molecule has 0 atom stereocenters.